The molecule has 14 nitrogen and oxygen atoms in total. The molecule has 4 N–H and O–H groups in total. The average molecular weight is 678 g/mol. The first-order chi connectivity index (χ1) is 19.5. The van der Waals surface area contributed by atoms with Crippen LogP contribution in [0.3, 0.4) is 0 Å². The van der Waals surface area contributed by atoms with Crippen LogP contribution in [0.25, 0.3) is 22.3 Å². The van der Waals surface area contributed by atoms with E-state index in [1.807, 2.05) is 43.4 Å². The molecule has 0 bridgehead atoms. The Morgan fingerprint density at radius 2 is 1.27 bits per heavy atom. The van der Waals surface area contributed by atoms with Crippen LogP contribution in [-0.2, 0) is 9.47 Å². The molecule has 2 aliphatic heterocycles. The largest absolute Gasteiger partial charge is 0.388 e. The second-order valence-corrected chi connectivity index (χ2v) is 10.9. The van der Waals surface area contributed by atoms with Crippen LogP contribution >= 0.6 is 22.6 Å². The Bertz CT molecular complexity index is 1630. The molecule has 0 aromatic carbocycles. The lowest BCUT2D eigenvalue weighted by atomic mass is 10.1. The summed E-state index contributed by atoms with van der Waals surface area (Å²) in [6.07, 6.45) is -2.37. The van der Waals surface area contributed by atoms with Gasteiger partial charge in [0.25, 0.3) is 0 Å². The zero-order valence-corrected chi connectivity index (χ0v) is 25.2. The van der Waals surface area contributed by atoms with Gasteiger partial charge in [-0.3, -0.25) is 9.13 Å². The van der Waals surface area contributed by atoms with Gasteiger partial charge in [0.05, 0.1) is 36.3 Å². The topological polar surface area (TPSA) is 187 Å². The second-order valence-electron chi connectivity index (χ2n) is 9.94. The maximum Gasteiger partial charge on any atom is 0.207 e. The Morgan fingerprint density at radius 1 is 0.780 bits per heavy atom. The van der Waals surface area contributed by atoms with Gasteiger partial charge < -0.3 is 29.9 Å². The number of aryl methyl sites for hydroxylation is 2. The minimum absolute atomic E-state index is 0.412. The van der Waals surface area contributed by atoms with Gasteiger partial charge in [-0.1, -0.05) is 12.8 Å². The van der Waals surface area contributed by atoms with Crippen LogP contribution in [0.15, 0.2) is 12.7 Å². The highest BCUT2D eigenvalue weighted by Gasteiger charge is 2.43. The van der Waals surface area contributed by atoms with E-state index < -0.39 is 49.1 Å². The molecule has 4 aromatic heterocycles. The fourth-order valence-electron chi connectivity index (χ4n) is 4.79. The molecular weight excluding hydrogens is 647 g/mol. The summed E-state index contributed by atoms with van der Waals surface area (Å²) in [7, 11) is 0. The molecule has 6 rings (SSSR count). The first-order valence-corrected chi connectivity index (χ1v) is 14.2. The molecule has 0 amide bonds. The van der Waals surface area contributed by atoms with Crippen molar-refractivity contribution < 1.29 is 29.9 Å². The summed E-state index contributed by atoms with van der Waals surface area (Å²) in [5.74, 6) is 6.24. The molecule has 2 fully saturated rings. The SMILES string of the molecule is CCC#Cc1nc(C)c2ncn([C@@H]3O[C@H](C)[C@H](O)C3O)c2n1.Cc1nc(I)nc2c1ncn2[C@@H]1O[C@H](C)[C@H](O)C1O. The summed E-state index contributed by atoms with van der Waals surface area (Å²) in [5.41, 5.74) is 3.93. The highest BCUT2D eigenvalue weighted by molar-refractivity contribution is 14.1. The number of hydrogen-bond donors (Lipinski definition) is 4. The van der Waals surface area contributed by atoms with Gasteiger partial charge in [-0.25, -0.2) is 29.9 Å². The molecule has 0 saturated carbocycles. The molecule has 0 spiro atoms. The zero-order chi connectivity index (χ0) is 29.6. The van der Waals surface area contributed by atoms with Crippen molar-refractivity contribution in [3.63, 3.8) is 0 Å². The first-order valence-electron chi connectivity index (χ1n) is 13.1. The first kappa shape index (κ1) is 29.6. The minimum atomic E-state index is -1.03. The quantitative estimate of drug-likeness (QED) is 0.134. The number of rotatable bonds is 2. The van der Waals surface area contributed by atoms with Crippen LogP contribution in [-0.4, -0.2) is 96.1 Å². The number of nitrogens with zero attached hydrogens (tertiary/aromatic N) is 8. The number of fused-ring (bicyclic) bond motifs is 2. The van der Waals surface area contributed by atoms with E-state index in [0.717, 1.165) is 5.69 Å². The number of hydrogen-bond acceptors (Lipinski definition) is 12. The van der Waals surface area contributed by atoms with Crippen molar-refractivity contribution >= 4 is 44.9 Å². The molecule has 6 heterocycles. The molecule has 218 valence electrons. The summed E-state index contributed by atoms with van der Waals surface area (Å²) in [6.45, 7) is 9.07. The second kappa shape index (κ2) is 11.8. The van der Waals surface area contributed by atoms with Gasteiger partial charge >= 0.3 is 0 Å². The van der Waals surface area contributed by atoms with Crippen LogP contribution in [0.4, 0.5) is 0 Å². The Morgan fingerprint density at radius 3 is 1.73 bits per heavy atom. The molecular formula is C26H31IN8O6. The highest BCUT2D eigenvalue weighted by atomic mass is 127. The van der Waals surface area contributed by atoms with Crippen LogP contribution < -0.4 is 0 Å². The number of aliphatic hydroxyl groups is 4. The molecule has 2 aliphatic rings. The number of aromatic nitrogens is 8. The Hall–Kier alpha value is -2.85. The normalized spacial score (nSPS) is 29.4. The molecule has 2 unspecified atom stereocenters. The maximum atomic E-state index is 10.1. The molecule has 4 aromatic rings. The predicted molar refractivity (Wildman–Crippen MR) is 153 cm³/mol. The van der Waals surface area contributed by atoms with E-state index in [9.17, 15) is 20.4 Å². The van der Waals surface area contributed by atoms with E-state index in [1.165, 1.54) is 0 Å². The number of imidazole rings is 2. The van der Waals surface area contributed by atoms with E-state index in [4.69, 9.17) is 9.47 Å². The van der Waals surface area contributed by atoms with Crippen LogP contribution in [0.1, 0.15) is 56.9 Å². The fourth-order valence-corrected chi connectivity index (χ4v) is 5.38. The molecule has 0 aliphatic carbocycles. The van der Waals surface area contributed by atoms with Crippen LogP contribution in [0.2, 0.25) is 0 Å². The van der Waals surface area contributed by atoms with Gasteiger partial charge in [-0.15, -0.1) is 0 Å². The molecule has 41 heavy (non-hydrogen) atoms. The van der Waals surface area contributed by atoms with Gasteiger partial charge in [-0.2, -0.15) is 0 Å². The van der Waals surface area contributed by atoms with E-state index in [0.29, 0.717) is 44.1 Å². The van der Waals surface area contributed by atoms with Gasteiger partial charge in [0.15, 0.2) is 27.6 Å². The standard InChI is InChI=1S/C15H18N4O3.C11H13IN4O3/c1-4-5-6-10-17-8(2)11-14(18-10)19(7-16-11)15-13(21)12(20)9(3)22-15;1-4-6-9(15-11(12)14-4)16(3-13-6)10-8(18)7(17)5(2)19-10/h7,9,12-13,15,20-21H,4H2,1-3H3;3,5,7-8,10,17-18H,1-2H3/t9-,12+,13?,15-;5-,7+,8?,10-/m11/s1. The highest BCUT2D eigenvalue weighted by Crippen LogP contribution is 2.32. The summed E-state index contributed by atoms with van der Waals surface area (Å²) in [6, 6.07) is 0. The number of halogens is 1. The van der Waals surface area contributed by atoms with Crippen molar-refractivity contribution in [2.45, 2.75) is 90.1 Å². The summed E-state index contributed by atoms with van der Waals surface area (Å²) < 4.78 is 15.1. The van der Waals surface area contributed by atoms with Crippen LogP contribution in [0.5, 0.6) is 0 Å². The Labute approximate surface area is 249 Å². The summed E-state index contributed by atoms with van der Waals surface area (Å²) in [5, 5.41) is 39.8. The molecule has 8 atom stereocenters. The molecule has 15 heteroatoms. The maximum absolute atomic E-state index is 10.1. The third-order valence-corrected chi connectivity index (χ3v) is 7.53. The van der Waals surface area contributed by atoms with Gasteiger partial charge in [0.2, 0.25) is 5.82 Å². The molecule has 0 radical (unpaired) electrons. The Balaban J connectivity index is 0.000000166. The van der Waals surface area contributed by atoms with Crippen molar-refractivity contribution in [3.05, 3.63) is 33.7 Å². The van der Waals surface area contributed by atoms with Gasteiger partial charge in [-0.05, 0) is 33.6 Å². The lowest BCUT2D eigenvalue weighted by Gasteiger charge is -2.16. The van der Waals surface area contributed by atoms with Gasteiger partial charge in [0, 0.05) is 29.0 Å². The van der Waals surface area contributed by atoms with Crippen molar-refractivity contribution in [2.75, 3.05) is 0 Å². The lowest BCUT2D eigenvalue weighted by molar-refractivity contribution is -0.0300. The minimum Gasteiger partial charge on any atom is -0.388 e. The van der Waals surface area contributed by atoms with E-state index in [-0.39, 0.29) is 0 Å². The average Bonchev–Trinajstić information content (AvgIpc) is 3.67. The summed E-state index contributed by atoms with van der Waals surface area (Å²) in [4.78, 5) is 25.8. The predicted octanol–water partition coefficient (Wildman–Crippen LogP) is 0.914. The van der Waals surface area contributed by atoms with Gasteiger partial charge in [0.1, 0.15) is 35.4 Å². The van der Waals surface area contributed by atoms with Crippen molar-refractivity contribution in [3.8, 4) is 11.8 Å². The monoisotopic (exact) mass is 678 g/mol. The Kier molecular flexibility index (Phi) is 8.53. The number of aliphatic hydroxyl groups excluding tert-OH is 4. The van der Waals surface area contributed by atoms with Crippen LogP contribution in [0, 0.1) is 29.5 Å². The van der Waals surface area contributed by atoms with Crippen molar-refractivity contribution in [2.24, 2.45) is 0 Å². The third kappa shape index (κ3) is 5.52. The summed E-state index contributed by atoms with van der Waals surface area (Å²) >= 11 is 2.03. The zero-order valence-electron chi connectivity index (χ0n) is 23.0. The van der Waals surface area contributed by atoms with Crippen molar-refractivity contribution in [1.82, 2.24) is 39.0 Å². The number of ether oxygens (including phenoxy) is 2. The van der Waals surface area contributed by atoms with E-state index in [2.05, 4.69) is 41.7 Å². The van der Waals surface area contributed by atoms with E-state index >= 15 is 0 Å². The van der Waals surface area contributed by atoms with Crippen molar-refractivity contribution in [1.29, 1.82) is 0 Å². The molecule has 2 saturated heterocycles. The fraction of sp³-hybridized carbons (Fsp3) is 0.538. The smallest absolute Gasteiger partial charge is 0.207 e. The van der Waals surface area contributed by atoms with E-state index in [1.54, 1.807) is 35.6 Å². The lowest BCUT2D eigenvalue weighted by Crippen LogP contribution is -2.30. The third-order valence-electron chi connectivity index (χ3n) is 7.04.